The summed E-state index contributed by atoms with van der Waals surface area (Å²) in [5.74, 6) is -0.623. The van der Waals surface area contributed by atoms with Crippen LogP contribution in [0.1, 0.15) is 62.6 Å². The van der Waals surface area contributed by atoms with Crippen LogP contribution in [0.3, 0.4) is 0 Å². The first-order chi connectivity index (χ1) is 12.3. The molecule has 0 saturated heterocycles. The predicted molar refractivity (Wildman–Crippen MR) is 102 cm³/mol. The Morgan fingerprint density at radius 1 is 1.19 bits per heavy atom. The lowest BCUT2D eigenvalue weighted by Crippen LogP contribution is -2.45. The third kappa shape index (κ3) is 5.05. The van der Waals surface area contributed by atoms with Gasteiger partial charge in [-0.2, -0.15) is 0 Å². The summed E-state index contributed by atoms with van der Waals surface area (Å²) in [6.07, 6.45) is 2.64. The van der Waals surface area contributed by atoms with Gasteiger partial charge in [-0.1, -0.05) is 51.0 Å². The normalized spacial score (nSPS) is 22.2. The van der Waals surface area contributed by atoms with E-state index in [0.717, 1.165) is 18.4 Å². The van der Waals surface area contributed by atoms with E-state index in [1.807, 2.05) is 24.3 Å². The monoisotopic (exact) mass is 382 g/mol. The van der Waals surface area contributed by atoms with Crippen molar-refractivity contribution >= 4 is 16.0 Å². The van der Waals surface area contributed by atoms with Gasteiger partial charge in [0.2, 0.25) is 10.0 Å². The third-order valence-corrected chi connectivity index (χ3v) is 7.07. The molecule has 3 N–H and O–H groups in total. The van der Waals surface area contributed by atoms with Crippen LogP contribution in [0.25, 0.3) is 0 Å². The van der Waals surface area contributed by atoms with Crippen LogP contribution in [0.4, 0.5) is 0 Å². The molecule has 1 saturated carbocycles. The van der Waals surface area contributed by atoms with Crippen molar-refractivity contribution in [1.82, 2.24) is 4.72 Å². The smallest absolute Gasteiger partial charge is 0.310 e. The average molecular weight is 383 g/mol. The third-order valence-electron chi connectivity index (χ3n) is 5.14. The van der Waals surface area contributed by atoms with Crippen LogP contribution in [0.2, 0.25) is 0 Å². The van der Waals surface area contributed by atoms with E-state index in [1.54, 1.807) is 0 Å². The van der Waals surface area contributed by atoms with Gasteiger partial charge in [0.25, 0.3) is 0 Å². The minimum atomic E-state index is -3.64. The topological polar surface area (TPSA) is 98.5 Å². The van der Waals surface area contributed by atoms with Gasteiger partial charge >= 0.3 is 5.97 Å². The van der Waals surface area contributed by atoms with Crippen molar-refractivity contribution in [2.75, 3.05) is 13.7 Å². The standard InChI is InChI=1S/C19H30N2O4S/c1-13(2)14-8-10-15(11-9-14)17(20)12-21-26(23,24)18-7-5-4-6-16(18)19(22)25-3/h8-11,13,16-18,21H,4-7,12,20H2,1-3H3. The summed E-state index contributed by atoms with van der Waals surface area (Å²) in [5, 5.41) is -0.751. The molecule has 0 radical (unpaired) electrons. The zero-order valence-electron chi connectivity index (χ0n) is 15.8. The fourth-order valence-electron chi connectivity index (χ4n) is 3.45. The number of carbonyl (C=O) groups excluding carboxylic acids is 1. The number of sulfonamides is 1. The first-order valence-corrected chi connectivity index (χ1v) is 10.7. The van der Waals surface area contributed by atoms with Crippen LogP contribution in [0.15, 0.2) is 24.3 Å². The number of benzene rings is 1. The summed E-state index contributed by atoms with van der Waals surface area (Å²) in [5.41, 5.74) is 8.25. The number of carbonyl (C=O) groups is 1. The van der Waals surface area contributed by atoms with Crippen molar-refractivity contribution in [2.24, 2.45) is 11.7 Å². The van der Waals surface area contributed by atoms with Gasteiger partial charge in [-0.3, -0.25) is 4.79 Å². The van der Waals surface area contributed by atoms with E-state index in [0.29, 0.717) is 18.8 Å². The van der Waals surface area contributed by atoms with Crippen molar-refractivity contribution in [3.63, 3.8) is 0 Å². The molecule has 0 bridgehead atoms. The fraction of sp³-hybridized carbons (Fsp3) is 0.632. The van der Waals surface area contributed by atoms with Gasteiger partial charge < -0.3 is 10.5 Å². The van der Waals surface area contributed by atoms with Gasteiger partial charge in [-0.25, -0.2) is 13.1 Å². The molecule has 2 rings (SSSR count). The number of hydrogen-bond donors (Lipinski definition) is 2. The minimum absolute atomic E-state index is 0.105. The maximum absolute atomic E-state index is 12.7. The molecule has 7 heteroatoms. The van der Waals surface area contributed by atoms with Crippen LogP contribution < -0.4 is 10.5 Å². The Kier molecular flexibility index (Phi) is 7.20. The Labute approximate surface area is 156 Å². The molecule has 0 aromatic heterocycles. The SMILES string of the molecule is COC(=O)C1CCCCC1S(=O)(=O)NCC(N)c1ccc(C(C)C)cc1. The van der Waals surface area contributed by atoms with Gasteiger partial charge in [0.15, 0.2) is 0 Å². The Bertz CT molecular complexity index is 701. The molecule has 146 valence electrons. The Hall–Kier alpha value is -1.44. The van der Waals surface area contributed by atoms with Crippen LogP contribution >= 0.6 is 0 Å². The highest BCUT2D eigenvalue weighted by atomic mass is 32.2. The molecule has 6 nitrogen and oxygen atoms in total. The fourth-order valence-corrected chi connectivity index (χ4v) is 5.23. The van der Waals surface area contributed by atoms with Crippen molar-refractivity contribution in [3.8, 4) is 0 Å². The molecule has 1 fully saturated rings. The summed E-state index contributed by atoms with van der Waals surface area (Å²) in [6, 6.07) is 7.47. The number of nitrogens with two attached hydrogens (primary N) is 1. The molecule has 1 aromatic carbocycles. The predicted octanol–water partition coefficient (Wildman–Crippen LogP) is 2.46. The summed E-state index contributed by atoms with van der Waals surface area (Å²) in [4.78, 5) is 11.9. The molecule has 0 spiro atoms. The molecule has 0 heterocycles. The van der Waals surface area contributed by atoms with Crippen LogP contribution in [-0.2, 0) is 19.6 Å². The van der Waals surface area contributed by atoms with Gasteiger partial charge in [0.1, 0.15) is 0 Å². The molecule has 1 aliphatic carbocycles. The minimum Gasteiger partial charge on any atom is -0.469 e. The summed E-state index contributed by atoms with van der Waals surface area (Å²) < 4.78 is 32.8. The summed E-state index contributed by atoms with van der Waals surface area (Å²) in [7, 11) is -2.35. The van der Waals surface area contributed by atoms with Crippen molar-refractivity contribution in [3.05, 3.63) is 35.4 Å². The number of hydrogen-bond acceptors (Lipinski definition) is 5. The number of ether oxygens (including phenoxy) is 1. The summed E-state index contributed by atoms with van der Waals surface area (Å²) >= 11 is 0. The molecule has 26 heavy (non-hydrogen) atoms. The maximum atomic E-state index is 12.7. The van der Waals surface area contributed by atoms with Crippen molar-refractivity contribution < 1.29 is 17.9 Å². The van der Waals surface area contributed by atoms with Crippen molar-refractivity contribution in [1.29, 1.82) is 0 Å². The molecule has 3 atom stereocenters. The zero-order valence-corrected chi connectivity index (χ0v) is 16.6. The van der Waals surface area contributed by atoms with E-state index in [2.05, 4.69) is 18.6 Å². The van der Waals surface area contributed by atoms with E-state index in [9.17, 15) is 13.2 Å². The second kappa shape index (κ2) is 8.97. The molecule has 1 aromatic rings. The van der Waals surface area contributed by atoms with Crippen LogP contribution in [-0.4, -0.2) is 33.3 Å². The molecule has 0 aliphatic heterocycles. The second-order valence-corrected chi connectivity index (χ2v) is 9.26. The van der Waals surface area contributed by atoms with Gasteiger partial charge in [0.05, 0.1) is 18.3 Å². The van der Waals surface area contributed by atoms with E-state index >= 15 is 0 Å². The van der Waals surface area contributed by atoms with Gasteiger partial charge in [-0.15, -0.1) is 0 Å². The van der Waals surface area contributed by atoms with E-state index < -0.39 is 33.2 Å². The van der Waals surface area contributed by atoms with E-state index in [-0.39, 0.29) is 6.54 Å². The average Bonchev–Trinajstić information content (AvgIpc) is 2.65. The lowest BCUT2D eigenvalue weighted by molar-refractivity contribution is -0.146. The largest absolute Gasteiger partial charge is 0.469 e. The van der Waals surface area contributed by atoms with Crippen LogP contribution in [0, 0.1) is 5.92 Å². The van der Waals surface area contributed by atoms with Gasteiger partial charge in [0, 0.05) is 12.6 Å². The zero-order chi connectivity index (χ0) is 19.3. The highest BCUT2D eigenvalue weighted by molar-refractivity contribution is 7.90. The Balaban J connectivity index is 2.02. The van der Waals surface area contributed by atoms with E-state index in [1.165, 1.54) is 12.7 Å². The molecule has 0 amide bonds. The highest BCUT2D eigenvalue weighted by Crippen LogP contribution is 2.30. The lowest BCUT2D eigenvalue weighted by atomic mass is 9.89. The van der Waals surface area contributed by atoms with Crippen molar-refractivity contribution in [2.45, 2.75) is 56.7 Å². The van der Waals surface area contributed by atoms with E-state index in [4.69, 9.17) is 10.5 Å². The van der Waals surface area contributed by atoms with Gasteiger partial charge in [-0.05, 0) is 29.9 Å². The maximum Gasteiger partial charge on any atom is 0.310 e. The number of methoxy groups -OCH3 is 1. The molecule has 3 unspecified atom stereocenters. The summed E-state index contributed by atoms with van der Waals surface area (Å²) in [6.45, 7) is 4.34. The molecule has 1 aliphatic rings. The molecular weight excluding hydrogens is 352 g/mol. The number of nitrogens with one attached hydrogen (secondary N) is 1. The second-order valence-electron chi connectivity index (χ2n) is 7.27. The van der Waals surface area contributed by atoms with Crippen LogP contribution in [0.5, 0.6) is 0 Å². The number of rotatable bonds is 7. The Morgan fingerprint density at radius 3 is 2.35 bits per heavy atom. The quantitative estimate of drug-likeness (QED) is 0.706. The first kappa shape index (κ1) is 20.9. The Morgan fingerprint density at radius 2 is 1.77 bits per heavy atom. The lowest BCUT2D eigenvalue weighted by Gasteiger charge is -2.29. The highest BCUT2D eigenvalue weighted by Gasteiger charge is 2.40. The number of esters is 1. The molecular formula is C19H30N2O4S. The first-order valence-electron chi connectivity index (χ1n) is 9.18.